The monoisotopic (exact) mass is 455 g/mol. The van der Waals surface area contributed by atoms with Crippen LogP contribution in [0.15, 0.2) is 42.5 Å². The van der Waals surface area contributed by atoms with Crippen LogP contribution in [0.4, 0.5) is 11.4 Å². The average molecular weight is 456 g/mol. The number of halogens is 1. The molecular weight excluding hydrogens is 434 g/mol. The molecule has 0 radical (unpaired) electrons. The van der Waals surface area contributed by atoms with Gasteiger partial charge in [0, 0.05) is 22.3 Å². The van der Waals surface area contributed by atoms with E-state index in [1.165, 1.54) is 4.90 Å². The van der Waals surface area contributed by atoms with Gasteiger partial charge in [0.05, 0.1) is 17.5 Å². The van der Waals surface area contributed by atoms with Crippen LogP contribution in [-0.4, -0.2) is 35.8 Å². The first kappa shape index (κ1) is 20.5. The molecule has 2 fully saturated rings. The van der Waals surface area contributed by atoms with E-state index >= 15 is 0 Å². The van der Waals surface area contributed by atoms with Crippen molar-refractivity contribution in [1.82, 2.24) is 5.32 Å². The Balaban J connectivity index is 1.67. The fourth-order valence-corrected chi connectivity index (χ4v) is 5.97. The van der Waals surface area contributed by atoms with Crippen LogP contribution in [-0.2, 0) is 19.9 Å². The van der Waals surface area contributed by atoms with Gasteiger partial charge < -0.3 is 5.32 Å². The summed E-state index contributed by atoms with van der Waals surface area (Å²) in [6.07, 6.45) is 2.68. The number of fused-ring (bicyclic) bond motifs is 4. The zero-order chi connectivity index (χ0) is 21.9. The van der Waals surface area contributed by atoms with Crippen molar-refractivity contribution in [2.24, 2.45) is 11.8 Å². The zero-order valence-corrected chi connectivity index (χ0v) is 18.7. The lowest BCUT2D eigenvalue weighted by molar-refractivity contribution is -0.130. The first-order chi connectivity index (χ1) is 14.9. The molecule has 0 aliphatic carbocycles. The number of benzene rings is 2. The topological polar surface area (TPSA) is 78.5 Å². The molecule has 31 heavy (non-hydrogen) atoms. The Morgan fingerprint density at radius 1 is 1.13 bits per heavy atom. The highest BCUT2D eigenvalue weighted by Gasteiger charge is 2.70. The van der Waals surface area contributed by atoms with Crippen molar-refractivity contribution in [1.29, 1.82) is 0 Å². The highest BCUT2D eigenvalue weighted by atomic mass is 35.5. The maximum atomic E-state index is 13.8. The number of para-hydroxylation sites is 1. The number of nitrogens with one attached hydrogen (secondary N) is 2. The molecule has 2 aromatic carbocycles. The van der Waals surface area contributed by atoms with Crippen LogP contribution in [0.25, 0.3) is 0 Å². The largest absolute Gasteiger partial charge is 0.324 e. The van der Waals surface area contributed by atoms with Gasteiger partial charge in [-0.05, 0) is 49.1 Å². The summed E-state index contributed by atoms with van der Waals surface area (Å²) in [5.41, 5.74) is 1.43. The van der Waals surface area contributed by atoms with Crippen LogP contribution in [0, 0.1) is 18.8 Å². The first-order valence-electron chi connectivity index (χ1n) is 10.2. The fourth-order valence-electron chi connectivity index (χ4n) is 5.31. The highest BCUT2D eigenvalue weighted by molar-refractivity contribution is 7.98. The van der Waals surface area contributed by atoms with Crippen molar-refractivity contribution in [3.8, 4) is 0 Å². The predicted octanol–water partition coefficient (Wildman–Crippen LogP) is 3.33. The minimum absolute atomic E-state index is 0.270. The summed E-state index contributed by atoms with van der Waals surface area (Å²) < 4.78 is 0. The normalized spacial score (nSPS) is 28.9. The maximum absolute atomic E-state index is 13.8. The number of thioether (sulfide) groups is 1. The Morgan fingerprint density at radius 3 is 2.68 bits per heavy atom. The Hall–Kier alpha value is -2.35. The molecule has 3 aliphatic heterocycles. The van der Waals surface area contributed by atoms with Gasteiger partial charge >= 0.3 is 0 Å². The van der Waals surface area contributed by atoms with Crippen molar-refractivity contribution >= 4 is 52.5 Å². The van der Waals surface area contributed by atoms with E-state index in [1.807, 2.05) is 37.4 Å². The Bertz CT molecular complexity index is 1120. The third-order valence-corrected chi connectivity index (χ3v) is 7.55. The summed E-state index contributed by atoms with van der Waals surface area (Å²) in [7, 11) is 0. The number of rotatable bonds is 4. The van der Waals surface area contributed by atoms with E-state index in [4.69, 9.17) is 11.6 Å². The molecule has 3 aliphatic rings. The third-order valence-electron chi connectivity index (χ3n) is 6.67. The molecule has 3 amide bonds. The van der Waals surface area contributed by atoms with Gasteiger partial charge in [0.25, 0.3) is 0 Å². The molecule has 4 unspecified atom stereocenters. The van der Waals surface area contributed by atoms with E-state index < -0.39 is 17.4 Å². The summed E-state index contributed by atoms with van der Waals surface area (Å²) in [6, 6.07) is 12.3. The quantitative estimate of drug-likeness (QED) is 0.691. The van der Waals surface area contributed by atoms with Gasteiger partial charge in [-0.15, -0.1) is 0 Å². The molecule has 5 rings (SSSR count). The van der Waals surface area contributed by atoms with Gasteiger partial charge in [-0.25, -0.2) is 4.90 Å². The smallest absolute Gasteiger partial charge is 0.250 e. The van der Waals surface area contributed by atoms with E-state index in [9.17, 15) is 14.4 Å². The Morgan fingerprint density at radius 2 is 1.90 bits per heavy atom. The van der Waals surface area contributed by atoms with Crippen molar-refractivity contribution in [3.05, 3.63) is 58.6 Å². The van der Waals surface area contributed by atoms with Crippen LogP contribution in [0.5, 0.6) is 0 Å². The molecule has 2 aromatic rings. The minimum atomic E-state index is -1.25. The summed E-state index contributed by atoms with van der Waals surface area (Å²) in [5.74, 6) is -1.51. The number of anilines is 2. The molecule has 8 heteroatoms. The van der Waals surface area contributed by atoms with Crippen LogP contribution < -0.4 is 15.5 Å². The minimum Gasteiger partial charge on any atom is -0.324 e. The summed E-state index contributed by atoms with van der Waals surface area (Å²) in [4.78, 5) is 42.1. The van der Waals surface area contributed by atoms with Gasteiger partial charge in [-0.2, -0.15) is 11.8 Å². The molecule has 6 nitrogen and oxygen atoms in total. The lowest BCUT2D eigenvalue weighted by Crippen LogP contribution is -2.53. The molecule has 3 heterocycles. The number of carbonyl (C=O) groups is 3. The number of amides is 3. The molecule has 0 bridgehead atoms. The van der Waals surface area contributed by atoms with Gasteiger partial charge in [0.1, 0.15) is 5.54 Å². The van der Waals surface area contributed by atoms with Crippen LogP contribution in [0.1, 0.15) is 17.5 Å². The van der Waals surface area contributed by atoms with Crippen LogP contribution >= 0.6 is 23.4 Å². The molecule has 2 saturated heterocycles. The molecule has 2 N–H and O–H groups in total. The number of aryl methyl sites for hydroxylation is 1. The lowest BCUT2D eigenvalue weighted by Gasteiger charge is -2.29. The summed E-state index contributed by atoms with van der Waals surface area (Å²) >= 11 is 7.87. The van der Waals surface area contributed by atoms with Gasteiger partial charge in [0.2, 0.25) is 17.7 Å². The average Bonchev–Trinajstić information content (AvgIpc) is 3.33. The van der Waals surface area contributed by atoms with E-state index in [0.717, 1.165) is 16.9 Å². The van der Waals surface area contributed by atoms with Crippen LogP contribution in [0.3, 0.4) is 0 Å². The zero-order valence-electron chi connectivity index (χ0n) is 17.1. The number of hydrogen-bond acceptors (Lipinski definition) is 5. The van der Waals surface area contributed by atoms with Gasteiger partial charge in [-0.1, -0.05) is 35.9 Å². The molecular formula is C23H22ClN3O3S. The first-order valence-corrected chi connectivity index (χ1v) is 12.0. The van der Waals surface area contributed by atoms with E-state index in [-0.39, 0.29) is 23.8 Å². The van der Waals surface area contributed by atoms with E-state index in [0.29, 0.717) is 22.8 Å². The number of hydrogen-bond donors (Lipinski definition) is 2. The molecule has 160 valence electrons. The van der Waals surface area contributed by atoms with Crippen molar-refractivity contribution in [3.63, 3.8) is 0 Å². The standard InChI is InChI=1S/C23H22ClN3O3S/c1-12-7-8-13(24)11-17(12)27-20(28)18-16(9-10-31-2)26-23(19(18)21(27)29)14-5-3-4-6-15(14)25-22(23)30/h3-8,11,16,18-19,26H,9-10H2,1-2H3,(H,25,30). The number of carbonyl (C=O) groups excluding carboxylic acids is 3. The maximum Gasteiger partial charge on any atom is 0.250 e. The van der Waals surface area contributed by atoms with Crippen molar-refractivity contribution in [2.75, 3.05) is 22.2 Å². The van der Waals surface area contributed by atoms with Gasteiger partial charge in [-0.3, -0.25) is 19.7 Å². The molecule has 1 spiro atoms. The molecule has 0 aromatic heterocycles. The SMILES string of the molecule is CSCCC1NC2(C(=O)Nc3ccccc32)C2C(=O)N(c3cc(Cl)ccc3C)C(=O)C12. The second-order valence-corrected chi connectivity index (χ2v) is 9.71. The highest BCUT2D eigenvalue weighted by Crippen LogP contribution is 2.54. The van der Waals surface area contributed by atoms with Crippen LogP contribution in [0.2, 0.25) is 5.02 Å². The molecule has 0 saturated carbocycles. The van der Waals surface area contributed by atoms with Crippen molar-refractivity contribution < 1.29 is 14.4 Å². The predicted molar refractivity (Wildman–Crippen MR) is 122 cm³/mol. The number of nitrogens with zero attached hydrogens (tertiary/aromatic N) is 1. The van der Waals surface area contributed by atoms with Crippen molar-refractivity contribution in [2.45, 2.75) is 24.9 Å². The number of imide groups is 1. The van der Waals surface area contributed by atoms with E-state index in [1.54, 1.807) is 30.0 Å². The fraction of sp³-hybridized carbons (Fsp3) is 0.348. The summed E-state index contributed by atoms with van der Waals surface area (Å²) in [6.45, 7) is 1.84. The Kier molecular flexibility index (Phi) is 4.88. The molecule has 4 atom stereocenters. The van der Waals surface area contributed by atoms with Gasteiger partial charge in [0.15, 0.2) is 0 Å². The third kappa shape index (κ3) is 2.80. The Labute approximate surface area is 189 Å². The second kappa shape index (κ2) is 7.36. The van der Waals surface area contributed by atoms with E-state index in [2.05, 4.69) is 10.6 Å². The lowest BCUT2D eigenvalue weighted by atomic mass is 9.76. The second-order valence-electron chi connectivity index (χ2n) is 8.29. The summed E-state index contributed by atoms with van der Waals surface area (Å²) in [5, 5.41) is 6.82.